The lowest BCUT2D eigenvalue weighted by molar-refractivity contribution is 0.0657. The molecule has 0 saturated carbocycles. The second kappa shape index (κ2) is 7.85. The summed E-state index contributed by atoms with van der Waals surface area (Å²) in [5.41, 5.74) is 9.30. The average Bonchev–Trinajstić information content (AvgIpc) is 3.42. The molecule has 4 heterocycles. The molecule has 4 aromatic rings. The Kier molecular flexibility index (Phi) is 4.83. The van der Waals surface area contributed by atoms with Crippen LogP contribution >= 0.6 is 0 Å². The Hall–Kier alpha value is -2.99. The average molecular weight is 428 g/mol. The van der Waals surface area contributed by atoms with E-state index in [1.807, 2.05) is 12.4 Å². The third-order valence-electron chi connectivity index (χ3n) is 7.30. The van der Waals surface area contributed by atoms with E-state index in [1.54, 1.807) is 0 Å². The summed E-state index contributed by atoms with van der Waals surface area (Å²) in [5.74, 6) is 1.49. The van der Waals surface area contributed by atoms with E-state index in [-0.39, 0.29) is 0 Å². The van der Waals surface area contributed by atoms with E-state index in [0.29, 0.717) is 12.0 Å². The zero-order chi connectivity index (χ0) is 21.7. The van der Waals surface area contributed by atoms with E-state index in [0.717, 1.165) is 59.9 Å². The van der Waals surface area contributed by atoms with E-state index >= 15 is 0 Å². The van der Waals surface area contributed by atoms with Crippen LogP contribution in [0, 0.1) is 6.92 Å². The molecule has 1 aliphatic carbocycles. The van der Waals surface area contributed by atoms with Crippen LogP contribution < -0.4 is 0 Å². The molecule has 1 saturated heterocycles. The topological polar surface area (TPSA) is 68.6 Å². The van der Waals surface area contributed by atoms with Gasteiger partial charge < -0.3 is 9.72 Å². The number of aromatic amines is 1. The summed E-state index contributed by atoms with van der Waals surface area (Å²) < 4.78 is 7.66. The molecule has 164 valence electrons. The van der Waals surface area contributed by atoms with Gasteiger partial charge in [-0.25, -0.2) is 9.97 Å². The Bertz CT molecular complexity index is 1280. The van der Waals surface area contributed by atoms with Crippen LogP contribution in [-0.4, -0.2) is 37.9 Å². The first-order valence-corrected chi connectivity index (χ1v) is 11.8. The standard InChI is InChI=1S/C26H29N5O/c1-16-4-3-5-18-14-19(6-7-21(16)18)22-8-11-27-26-24(22)29-25(30-26)23-15-28-31(17(23)2)20-9-12-32-13-10-20/h6-8,11,14-16,20H,3-5,9-10,12-13H2,1-2H3,(H,27,29,30). The van der Waals surface area contributed by atoms with E-state index in [9.17, 15) is 0 Å². The van der Waals surface area contributed by atoms with Gasteiger partial charge in [0.15, 0.2) is 5.65 Å². The molecule has 2 aliphatic rings. The van der Waals surface area contributed by atoms with Crippen LogP contribution in [0.3, 0.4) is 0 Å². The number of nitrogens with zero attached hydrogens (tertiary/aromatic N) is 4. The molecule has 0 radical (unpaired) electrons. The number of pyridine rings is 1. The summed E-state index contributed by atoms with van der Waals surface area (Å²) in [6.45, 7) is 6.07. The van der Waals surface area contributed by atoms with Gasteiger partial charge in [0.2, 0.25) is 0 Å². The normalized spacial score (nSPS) is 19.4. The molecule has 1 N–H and O–H groups in total. The van der Waals surface area contributed by atoms with Gasteiger partial charge in [-0.1, -0.05) is 25.1 Å². The molecular weight excluding hydrogens is 398 g/mol. The van der Waals surface area contributed by atoms with Gasteiger partial charge in [-0.05, 0) is 67.7 Å². The van der Waals surface area contributed by atoms with Gasteiger partial charge in [0.25, 0.3) is 0 Å². The Morgan fingerprint density at radius 3 is 2.84 bits per heavy atom. The highest BCUT2D eigenvalue weighted by Crippen LogP contribution is 2.36. The Morgan fingerprint density at radius 2 is 1.97 bits per heavy atom. The lowest BCUT2D eigenvalue weighted by Gasteiger charge is -2.23. The van der Waals surface area contributed by atoms with Crippen LogP contribution in [-0.2, 0) is 11.2 Å². The first kappa shape index (κ1) is 19.7. The summed E-state index contributed by atoms with van der Waals surface area (Å²) in [5, 5.41) is 4.70. The highest BCUT2D eigenvalue weighted by Gasteiger charge is 2.22. The highest BCUT2D eigenvalue weighted by atomic mass is 16.5. The van der Waals surface area contributed by atoms with Crippen molar-refractivity contribution in [2.45, 2.75) is 57.9 Å². The summed E-state index contributed by atoms with van der Waals surface area (Å²) in [6.07, 6.45) is 9.53. The maximum Gasteiger partial charge on any atom is 0.178 e. The number of hydrogen-bond donors (Lipinski definition) is 1. The van der Waals surface area contributed by atoms with E-state index < -0.39 is 0 Å². The van der Waals surface area contributed by atoms with Crippen LogP contribution in [0.25, 0.3) is 33.7 Å². The number of aromatic nitrogens is 5. The van der Waals surface area contributed by atoms with Gasteiger partial charge in [0.1, 0.15) is 5.82 Å². The van der Waals surface area contributed by atoms with E-state index in [4.69, 9.17) is 14.8 Å². The summed E-state index contributed by atoms with van der Waals surface area (Å²) >= 11 is 0. The van der Waals surface area contributed by atoms with E-state index in [2.05, 4.69) is 52.8 Å². The molecule has 1 unspecified atom stereocenters. The number of aryl methyl sites for hydroxylation is 1. The van der Waals surface area contributed by atoms with Crippen molar-refractivity contribution in [1.82, 2.24) is 24.7 Å². The molecule has 1 aromatic carbocycles. The largest absolute Gasteiger partial charge is 0.381 e. The van der Waals surface area contributed by atoms with Crippen LogP contribution in [0.5, 0.6) is 0 Å². The molecule has 1 aliphatic heterocycles. The second-order valence-corrected chi connectivity index (χ2v) is 9.28. The van der Waals surface area contributed by atoms with Crippen molar-refractivity contribution in [2.75, 3.05) is 13.2 Å². The Labute approximate surface area is 188 Å². The quantitative estimate of drug-likeness (QED) is 0.463. The van der Waals surface area contributed by atoms with Crippen molar-refractivity contribution in [2.24, 2.45) is 0 Å². The molecule has 0 spiro atoms. The summed E-state index contributed by atoms with van der Waals surface area (Å²) in [6, 6.07) is 9.43. The third-order valence-corrected chi connectivity index (χ3v) is 7.30. The maximum absolute atomic E-state index is 5.52. The number of imidazole rings is 1. The van der Waals surface area contributed by atoms with Gasteiger partial charge in [0, 0.05) is 30.7 Å². The third kappa shape index (κ3) is 3.25. The minimum Gasteiger partial charge on any atom is -0.381 e. The van der Waals surface area contributed by atoms with Crippen molar-refractivity contribution in [1.29, 1.82) is 0 Å². The fourth-order valence-electron chi connectivity index (χ4n) is 5.46. The first-order valence-electron chi connectivity index (χ1n) is 11.8. The van der Waals surface area contributed by atoms with Crippen molar-refractivity contribution < 1.29 is 4.74 Å². The van der Waals surface area contributed by atoms with E-state index in [1.165, 1.54) is 36.0 Å². The van der Waals surface area contributed by atoms with Gasteiger partial charge in [-0.3, -0.25) is 4.68 Å². The number of benzene rings is 1. The fourth-order valence-corrected chi connectivity index (χ4v) is 5.46. The number of H-pyrrole nitrogens is 1. The van der Waals surface area contributed by atoms with Crippen LogP contribution in [0.1, 0.15) is 61.4 Å². The summed E-state index contributed by atoms with van der Waals surface area (Å²) in [7, 11) is 0. The zero-order valence-corrected chi connectivity index (χ0v) is 18.8. The van der Waals surface area contributed by atoms with Crippen molar-refractivity contribution in [3.05, 3.63) is 53.5 Å². The minimum atomic E-state index is 0.397. The lowest BCUT2D eigenvalue weighted by atomic mass is 9.82. The monoisotopic (exact) mass is 427 g/mol. The van der Waals surface area contributed by atoms with Crippen molar-refractivity contribution >= 4 is 11.2 Å². The highest BCUT2D eigenvalue weighted by molar-refractivity contribution is 5.91. The predicted octanol–water partition coefficient (Wildman–Crippen LogP) is 5.59. The molecular formula is C26H29N5O. The Balaban J connectivity index is 1.40. The molecule has 6 heteroatoms. The number of rotatable bonds is 3. The molecule has 6 rings (SSSR count). The number of hydrogen-bond acceptors (Lipinski definition) is 4. The van der Waals surface area contributed by atoms with Crippen LogP contribution in [0.15, 0.2) is 36.7 Å². The van der Waals surface area contributed by atoms with Gasteiger partial charge in [-0.15, -0.1) is 0 Å². The number of nitrogens with one attached hydrogen (secondary N) is 1. The Morgan fingerprint density at radius 1 is 1.09 bits per heavy atom. The van der Waals surface area contributed by atoms with Gasteiger partial charge >= 0.3 is 0 Å². The predicted molar refractivity (Wildman–Crippen MR) is 126 cm³/mol. The van der Waals surface area contributed by atoms with Gasteiger partial charge in [0.05, 0.1) is 23.3 Å². The number of ether oxygens (including phenoxy) is 1. The van der Waals surface area contributed by atoms with Crippen molar-refractivity contribution in [3.8, 4) is 22.5 Å². The fraction of sp³-hybridized carbons (Fsp3) is 0.423. The number of fused-ring (bicyclic) bond motifs is 2. The van der Waals surface area contributed by atoms with Gasteiger partial charge in [-0.2, -0.15) is 5.10 Å². The molecule has 0 bridgehead atoms. The lowest BCUT2D eigenvalue weighted by Crippen LogP contribution is -2.21. The SMILES string of the molecule is Cc1c(-c2nc3nccc(-c4ccc5c(c4)CCCC5C)c3[nH]2)cnn1C1CCOCC1. The zero-order valence-electron chi connectivity index (χ0n) is 18.8. The summed E-state index contributed by atoms with van der Waals surface area (Å²) in [4.78, 5) is 13.0. The molecule has 0 amide bonds. The molecule has 32 heavy (non-hydrogen) atoms. The second-order valence-electron chi connectivity index (χ2n) is 9.28. The smallest absolute Gasteiger partial charge is 0.178 e. The molecule has 1 atom stereocenters. The molecule has 6 nitrogen and oxygen atoms in total. The van der Waals surface area contributed by atoms with Crippen LogP contribution in [0.2, 0.25) is 0 Å². The van der Waals surface area contributed by atoms with Crippen molar-refractivity contribution in [3.63, 3.8) is 0 Å². The maximum atomic E-state index is 5.52. The molecule has 3 aromatic heterocycles. The van der Waals surface area contributed by atoms with Crippen LogP contribution in [0.4, 0.5) is 0 Å². The first-order chi connectivity index (χ1) is 15.7. The molecule has 1 fully saturated rings. The minimum absolute atomic E-state index is 0.397.